The second-order valence-electron chi connectivity index (χ2n) is 3.19. The molecule has 0 bridgehead atoms. The SMILES string of the molecule is COc1ncccc1C(O)C(O)CCN. The summed E-state index contributed by atoms with van der Waals surface area (Å²) in [5.41, 5.74) is 5.77. The van der Waals surface area contributed by atoms with Crippen LogP contribution in [-0.2, 0) is 0 Å². The Balaban J connectivity index is 2.84. The van der Waals surface area contributed by atoms with Crippen LogP contribution in [0.4, 0.5) is 0 Å². The molecule has 0 aliphatic rings. The van der Waals surface area contributed by atoms with Crippen molar-refractivity contribution in [1.82, 2.24) is 4.98 Å². The van der Waals surface area contributed by atoms with Gasteiger partial charge in [-0.1, -0.05) is 0 Å². The Labute approximate surface area is 88.5 Å². The molecular weight excluding hydrogens is 196 g/mol. The molecule has 1 aromatic rings. The molecule has 0 aromatic carbocycles. The Kier molecular flexibility index (Phi) is 4.48. The summed E-state index contributed by atoms with van der Waals surface area (Å²) in [4.78, 5) is 3.94. The lowest BCUT2D eigenvalue weighted by Crippen LogP contribution is -2.22. The standard InChI is InChI=1S/C10H16N2O3/c1-15-10-7(3-2-6-12-10)9(14)8(13)4-5-11/h2-3,6,8-9,13-14H,4-5,11H2,1H3. The van der Waals surface area contributed by atoms with Gasteiger partial charge in [0.05, 0.1) is 13.2 Å². The van der Waals surface area contributed by atoms with Crippen molar-refractivity contribution in [3.05, 3.63) is 23.9 Å². The normalized spacial score (nSPS) is 14.7. The minimum atomic E-state index is -1.02. The number of rotatable bonds is 5. The van der Waals surface area contributed by atoms with Crippen molar-refractivity contribution >= 4 is 0 Å². The fourth-order valence-electron chi connectivity index (χ4n) is 1.33. The summed E-state index contributed by atoms with van der Waals surface area (Å²) in [6.45, 7) is 0.320. The summed E-state index contributed by atoms with van der Waals surface area (Å²) in [6.07, 6.45) is -0.0193. The molecule has 0 amide bonds. The molecule has 2 atom stereocenters. The van der Waals surface area contributed by atoms with Gasteiger partial charge in [0.15, 0.2) is 0 Å². The van der Waals surface area contributed by atoms with Crippen LogP contribution < -0.4 is 10.5 Å². The third-order valence-corrected chi connectivity index (χ3v) is 2.14. The van der Waals surface area contributed by atoms with Crippen molar-refractivity contribution in [2.75, 3.05) is 13.7 Å². The van der Waals surface area contributed by atoms with Crippen molar-refractivity contribution < 1.29 is 14.9 Å². The maximum Gasteiger partial charge on any atom is 0.218 e. The second kappa shape index (κ2) is 5.65. The van der Waals surface area contributed by atoms with Crippen molar-refractivity contribution in [3.63, 3.8) is 0 Å². The zero-order valence-corrected chi connectivity index (χ0v) is 8.63. The van der Waals surface area contributed by atoms with E-state index in [9.17, 15) is 10.2 Å². The average molecular weight is 212 g/mol. The number of nitrogens with zero attached hydrogens (tertiary/aromatic N) is 1. The molecule has 84 valence electrons. The van der Waals surface area contributed by atoms with Gasteiger partial charge in [0.25, 0.3) is 0 Å². The van der Waals surface area contributed by atoms with Gasteiger partial charge in [0.1, 0.15) is 6.10 Å². The zero-order chi connectivity index (χ0) is 11.3. The Bertz CT molecular complexity index is 306. The summed E-state index contributed by atoms with van der Waals surface area (Å²) >= 11 is 0. The number of pyridine rings is 1. The fraction of sp³-hybridized carbons (Fsp3) is 0.500. The van der Waals surface area contributed by atoms with Gasteiger partial charge in [0.2, 0.25) is 5.88 Å². The van der Waals surface area contributed by atoms with E-state index < -0.39 is 12.2 Å². The van der Waals surface area contributed by atoms with E-state index in [4.69, 9.17) is 10.5 Å². The first-order chi connectivity index (χ1) is 7.20. The van der Waals surface area contributed by atoms with E-state index >= 15 is 0 Å². The Morgan fingerprint density at radius 1 is 1.53 bits per heavy atom. The molecule has 0 aliphatic carbocycles. The third-order valence-electron chi connectivity index (χ3n) is 2.14. The molecule has 0 fully saturated rings. The van der Waals surface area contributed by atoms with Crippen LogP contribution in [0, 0.1) is 0 Å². The molecule has 1 heterocycles. The molecule has 0 spiro atoms. The highest BCUT2D eigenvalue weighted by Crippen LogP contribution is 2.25. The summed E-state index contributed by atoms with van der Waals surface area (Å²) in [5.74, 6) is 0.320. The summed E-state index contributed by atoms with van der Waals surface area (Å²) in [5, 5.41) is 19.4. The summed E-state index contributed by atoms with van der Waals surface area (Å²) < 4.78 is 4.98. The largest absolute Gasteiger partial charge is 0.481 e. The van der Waals surface area contributed by atoms with E-state index in [1.54, 1.807) is 18.3 Å². The Hall–Kier alpha value is -1.17. The highest BCUT2D eigenvalue weighted by molar-refractivity contribution is 5.28. The highest BCUT2D eigenvalue weighted by atomic mass is 16.5. The van der Waals surface area contributed by atoms with E-state index in [1.807, 2.05) is 0 Å². The van der Waals surface area contributed by atoms with Gasteiger partial charge in [-0.05, 0) is 25.1 Å². The number of ether oxygens (including phenoxy) is 1. The lowest BCUT2D eigenvalue weighted by Gasteiger charge is -2.18. The molecule has 1 rings (SSSR count). The van der Waals surface area contributed by atoms with Gasteiger partial charge in [-0.25, -0.2) is 4.98 Å². The van der Waals surface area contributed by atoms with Gasteiger partial charge in [-0.3, -0.25) is 0 Å². The number of methoxy groups -OCH3 is 1. The summed E-state index contributed by atoms with van der Waals surface area (Å²) in [6, 6.07) is 3.34. The lowest BCUT2D eigenvalue weighted by molar-refractivity contribution is 0.0133. The molecule has 0 saturated carbocycles. The zero-order valence-electron chi connectivity index (χ0n) is 8.63. The van der Waals surface area contributed by atoms with Crippen LogP contribution >= 0.6 is 0 Å². The van der Waals surface area contributed by atoms with E-state index in [0.29, 0.717) is 24.4 Å². The van der Waals surface area contributed by atoms with Crippen molar-refractivity contribution in [2.45, 2.75) is 18.6 Å². The Morgan fingerprint density at radius 2 is 2.27 bits per heavy atom. The Morgan fingerprint density at radius 3 is 2.87 bits per heavy atom. The van der Waals surface area contributed by atoms with Gasteiger partial charge in [-0.2, -0.15) is 0 Å². The molecular formula is C10H16N2O3. The van der Waals surface area contributed by atoms with Crippen LogP contribution in [0.5, 0.6) is 5.88 Å². The number of aliphatic hydroxyl groups is 2. The van der Waals surface area contributed by atoms with Crippen LogP contribution in [0.2, 0.25) is 0 Å². The number of hydrogen-bond acceptors (Lipinski definition) is 5. The molecule has 0 saturated heterocycles. The lowest BCUT2D eigenvalue weighted by atomic mass is 10.0. The number of aliphatic hydroxyl groups excluding tert-OH is 2. The van der Waals surface area contributed by atoms with Crippen molar-refractivity contribution in [1.29, 1.82) is 0 Å². The first kappa shape index (κ1) is 11.9. The van der Waals surface area contributed by atoms with Crippen LogP contribution in [0.25, 0.3) is 0 Å². The number of hydrogen-bond donors (Lipinski definition) is 3. The van der Waals surface area contributed by atoms with Gasteiger partial charge >= 0.3 is 0 Å². The number of nitrogens with two attached hydrogens (primary N) is 1. The predicted molar refractivity (Wildman–Crippen MR) is 55.4 cm³/mol. The average Bonchev–Trinajstić information content (AvgIpc) is 2.28. The summed E-state index contributed by atoms with van der Waals surface area (Å²) in [7, 11) is 1.47. The van der Waals surface area contributed by atoms with E-state index in [2.05, 4.69) is 4.98 Å². The van der Waals surface area contributed by atoms with Crippen LogP contribution in [0.3, 0.4) is 0 Å². The maximum absolute atomic E-state index is 9.81. The van der Waals surface area contributed by atoms with Gasteiger partial charge in [-0.15, -0.1) is 0 Å². The number of aromatic nitrogens is 1. The molecule has 0 aliphatic heterocycles. The van der Waals surface area contributed by atoms with E-state index in [-0.39, 0.29) is 0 Å². The molecule has 5 heteroatoms. The van der Waals surface area contributed by atoms with Crippen LogP contribution in [-0.4, -0.2) is 35.0 Å². The first-order valence-electron chi connectivity index (χ1n) is 4.75. The quantitative estimate of drug-likeness (QED) is 0.630. The van der Waals surface area contributed by atoms with Crippen LogP contribution in [0.1, 0.15) is 18.1 Å². The molecule has 2 unspecified atom stereocenters. The van der Waals surface area contributed by atoms with Gasteiger partial charge < -0.3 is 20.7 Å². The molecule has 0 radical (unpaired) electrons. The maximum atomic E-state index is 9.81. The third kappa shape index (κ3) is 2.89. The van der Waals surface area contributed by atoms with Crippen molar-refractivity contribution in [3.8, 4) is 5.88 Å². The van der Waals surface area contributed by atoms with E-state index in [0.717, 1.165) is 0 Å². The fourth-order valence-corrected chi connectivity index (χ4v) is 1.33. The molecule has 15 heavy (non-hydrogen) atoms. The second-order valence-corrected chi connectivity index (χ2v) is 3.19. The first-order valence-corrected chi connectivity index (χ1v) is 4.75. The molecule has 4 N–H and O–H groups in total. The predicted octanol–water partition coefficient (Wildman–Crippen LogP) is -0.167. The van der Waals surface area contributed by atoms with Gasteiger partial charge in [0, 0.05) is 11.8 Å². The highest BCUT2D eigenvalue weighted by Gasteiger charge is 2.21. The monoisotopic (exact) mass is 212 g/mol. The van der Waals surface area contributed by atoms with Crippen LogP contribution in [0.15, 0.2) is 18.3 Å². The minimum Gasteiger partial charge on any atom is -0.481 e. The van der Waals surface area contributed by atoms with E-state index in [1.165, 1.54) is 7.11 Å². The smallest absolute Gasteiger partial charge is 0.218 e. The minimum absolute atomic E-state index is 0.320. The molecule has 5 nitrogen and oxygen atoms in total. The molecule has 1 aromatic heterocycles. The van der Waals surface area contributed by atoms with Crippen molar-refractivity contribution in [2.24, 2.45) is 5.73 Å². The topological polar surface area (TPSA) is 88.6 Å².